The molecule has 0 aliphatic rings. The monoisotopic (exact) mass is 606 g/mol. The molecule has 0 bridgehead atoms. The van der Waals surface area contributed by atoms with Crippen LogP contribution in [0.15, 0.2) is 77.2 Å². The summed E-state index contributed by atoms with van der Waals surface area (Å²) in [5.41, 5.74) is 6.96. The topological polar surface area (TPSA) is 132 Å². The number of hydrogen-bond acceptors (Lipinski definition) is 6. The molecular weight excluding hydrogens is 581 g/mol. The molecule has 5 aromatic rings. The Morgan fingerprint density at radius 3 is 2.51 bits per heavy atom. The van der Waals surface area contributed by atoms with Gasteiger partial charge in [0, 0.05) is 41.8 Å². The third-order valence-corrected chi connectivity index (χ3v) is 7.47. The fraction of sp³-hybridized carbons (Fsp3) is 0.167. The van der Waals surface area contributed by atoms with E-state index in [0.717, 1.165) is 27.8 Å². The summed E-state index contributed by atoms with van der Waals surface area (Å²) in [5.74, 6) is -0.695. The first-order valence-electron chi connectivity index (χ1n) is 13.1. The van der Waals surface area contributed by atoms with Gasteiger partial charge < -0.3 is 15.6 Å². The summed E-state index contributed by atoms with van der Waals surface area (Å²) in [6.45, 7) is 2.47. The van der Waals surface area contributed by atoms with Gasteiger partial charge in [0.2, 0.25) is 5.43 Å². The van der Waals surface area contributed by atoms with Crippen molar-refractivity contribution in [2.45, 2.75) is 26.1 Å². The summed E-state index contributed by atoms with van der Waals surface area (Å²) in [6.07, 6.45) is -1.48. The number of alkyl halides is 3. The number of aromatic nitrogens is 3. The van der Waals surface area contributed by atoms with E-state index >= 15 is 0 Å². The molecule has 0 unspecified atom stereocenters. The number of pyridine rings is 2. The van der Waals surface area contributed by atoms with E-state index in [9.17, 15) is 27.6 Å². The van der Waals surface area contributed by atoms with Gasteiger partial charge in [0.15, 0.2) is 5.69 Å². The van der Waals surface area contributed by atoms with E-state index in [1.807, 2.05) is 30.3 Å². The first kappa shape index (κ1) is 29.5. The van der Waals surface area contributed by atoms with Crippen molar-refractivity contribution in [2.24, 2.45) is 5.73 Å². The van der Waals surface area contributed by atoms with Crippen molar-refractivity contribution >= 4 is 40.0 Å². The molecule has 0 fully saturated rings. The van der Waals surface area contributed by atoms with Crippen molar-refractivity contribution in [3.05, 3.63) is 111 Å². The van der Waals surface area contributed by atoms with E-state index in [1.165, 1.54) is 18.5 Å². The van der Waals surface area contributed by atoms with Crippen molar-refractivity contribution in [2.75, 3.05) is 11.9 Å². The van der Waals surface area contributed by atoms with Crippen LogP contribution in [0.25, 0.3) is 21.5 Å². The number of thiazole rings is 1. The summed E-state index contributed by atoms with van der Waals surface area (Å²) >= 11 is 0.828. The van der Waals surface area contributed by atoms with Crippen LogP contribution in [0, 0.1) is 0 Å². The zero-order valence-electron chi connectivity index (χ0n) is 22.7. The Morgan fingerprint density at radius 1 is 1.07 bits per heavy atom. The highest BCUT2D eigenvalue weighted by molar-refractivity contribution is 7.13. The number of nitrogens with two attached hydrogens (primary N) is 1. The highest BCUT2D eigenvalue weighted by atomic mass is 32.1. The lowest BCUT2D eigenvalue weighted by atomic mass is 9.99. The zero-order valence-corrected chi connectivity index (χ0v) is 23.6. The highest BCUT2D eigenvalue weighted by Gasteiger charge is 2.34. The number of anilines is 1. The summed E-state index contributed by atoms with van der Waals surface area (Å²) in [6, 6.07) is 15.5. The molecule has 0 saturated carbocycles. The molecule has 43 heavy (non-hydrogen) atoms. The molecule has 4 N–H and O–H groups in total. The molecule has 0 saturated heterocycles. The molecule has 13 heteroatoms. The van der Waals surface area contributed by atoms with Crippen molar-refractivity contribution < 1.29 is 22.8 Å². The number of hydrogen-bond donors (Lipinski definition) is 3. The summed E-state index contributed by atoms with van der Waals surface area (Å²) < 4.78 is 41.9. The fourth-order valence-corrected chi connectivity index (χ4v) is 5.47. The molecule has 0 atom stereocenters. The maximum atomic E-state index is 13.4. The molecule has 220 valence electrons. The number of primary amides is 1. The maximum absolute atomic E-state index is 13.4. The van der Waals surface area contributed by atoms with Crippen LogP contribution < -0.4 is 21.8 Å². The van der Waals surface area contributed by atoms with E-state index in [-0.39, 0.29) is 22.8 Å². The number of rotatable bonds is 8. The predicted molar refractivity (Wildman–Crippen MR) is 158 cm³/mol. The van der Waals surface area contributed by atoms with Gasteiger partial charge in [-0.25, -0.2) is 14.8 Å². The Labute approximate surface area is 247 Å². The molecule has 0 spiro atoms. The van der Waals surface area contributed by atoms with E-state index in [2.05, 4.69) is 20.6 Å². The number of carbonyl (C=O) groups is 2. The lowest BCUT2D eigenvalue weighted by Gasteiger charge is -2.15. The van der Waals surface area contributed by atoms with Gasteiger partial charge in [0.1, 0.15) is 16.4 Å². The van der Waals surface area contributed by atoms with Gasteiger partial charge in [-0.3, -0.25) is 14.9 Å². The average Bonchev–Trinajstić information content (AvgIpc) is 3.47. The van der Waals surface area contributed by atoms with Gasteiger partial charge >= 0.3 is 12.2 Å². The lowest BCUT2D eigenvalue weighted by Crippen LogP contribution is -2.28. The number of halogens is 3. The van der Waals surface area contributed by atoms with E-state index < -0.39 is 29.2 Å². The van der Waals surface area contributed by atoms with Crippen molar-refractivity contribution in [3.8, 4) is 10.6 Å². The average molecular weight is 607 g/mol. The smallest absolute Gasteiger partial charge is 0.365 e. The largest absolute Gasteiger partial charge is 0.434 e. The molecule has 0 aliphatic heterocycles. The van der Waals surface area contributed by atoms with Gasteiger partial charge in [-0.15, -0.1) is 11.3 Å². The Balaban J connectivity index is 1.59. The SMILES string of the molecule is CCNC(=O)Nc1cc(-c2nc(C(F)(F)F)cs2)c(Cc2ccc3c(=O)c(C(N)=O)cn(Cc4ccccc4)c3c2)cn1. The maximum Gasteiger partial charge on any atom is 0.434 e. The Morgan fingerprint density at radius 2 is 1.84 bits per heavy atom. The Bertz CT molecular complexity index is 1890. The van der Waals surface area contributed by atoms with Crippen LogP contribution in [0.2, 0.25) is 0 Å². The molecule has 9 nitrogen and oxygen atoms in total. The number of carbonyl (C=O) groups excluding carboxylic acids is 2. The van der Waals surface area contributed by atoms with Crippen LogP contribution in [0.5, 0.6) is 0 Å². The highest BCUT2D eigenvalue weighted by Crippen LogP contribution is 2.36. The molecule has 5 rings (SSSR count). The zero-order chi connectivity index (χ0) is 30.7. The molecule has 3 heterocycles. The number of fused-ring (bicyclic) bond motifs is 1. The first-order valence-corrected chi connectivity index (χ1v) is 14.0. The van der Waals surface area contributed by atoms with Crippen LogP contribution in [0.1, 0.15) is 39.7 Å². The van der Waals surface area contributed by atoms with Gasteiger partial charge in [0.05, 0.1) is 5.52 Å². The van der Waals surface area contributed by atoms with Crippen LogP contribution in [-0.4, -0.2) is 33.0 Å². The third-order valence-electron chi connectivity index (χ3n) is 6.59. The summed E-state index contributed by atoms with van der Waals surface area (Å²) in [4.78, 5) is 45.3. The number of nitrogens with one attached hydrogen (secondary N) is 2. The molecule has 3 aromatic heterocycles. The van der Waals surface area contributed by atoms with Gasteiger partial charge in [0.25, 0.3) is 5.91 Å². The third kappa shape index (κ3) is 6.56. The van der Waals surface area contributed by atoms with E-state index in [1.54, 1.807) is 29.7 Å². The predicted octanol–water partition coefficient (Wildman–Crippen LogP) is 5.42. The lowest BCUT2D eigenvalue weighted by molar-refractivity contribution is -0.140. The van der Waals surface area contributed by atoms with Gasteiger partial charge in [-0.1, -0.05) is 36.4 Å². The second-order valence-electron chi connectivity index (χ2n) is 9.62. The van der Waals surface area contributed by atoms with Crippen molar-refractivity contribution in [1.82, 2.24) is 19.9 Å². The Kier molecular flexibility index (Phi) is 8.26. The molecule has 2 aromatic carbocycles. The minimum absolute atomic E-state index is 0.108. The standard InChI is InChI=1S/C30H25F3N6O3S/c1-2-35-29(42)38-25-12-21(28-37-24(16-43-28)30(31,32)33)19(13-36-25)10-18-8-9-20-23(11-18)39(14-17-6-4-3-5-7-17)15-22(26(20)40)27(34)41/h3-9,11-13,15-16H,2,10,14H2,1H3,(H2,34,41)(H2,35,36,38,42). The van der Waals surface area contributed by atoms with Crippen molar-refractivity contribution in [3.63, 3.8) is 0 Å². The van der Waals surface area contributed by atoms with E-state index in [4.69, 9.17) is 5.73 Å². The van der Waals surface area contributed by atoms with Crippen LogP contribution in [0.3, 0.4) is 0 Å². The molecule has 0 radical (unpaired) electrons. The van der Waals surface area contributed by atoms with Crippen LogP contribution >= 0.6 is 11.3 Å². The molecule has 0 aliphatic carbocycles. The number of amides is 3. The number of benzene rings is 2. The summed E-state index contributed by atoms with van der Waals surface area (Å²) in [7, 11) is 0. The first-order chi connectivity index (χ1) is 20.5. The quantitative estimate of drug-likeness (QED) is 0.217. The summed E-state index contributed by atoms with van der Waals surface area (Å²) in [5, 5.41) is 6.49. The van der Waals surface area contributed by atoms with Crippen LogP contribution in [0.4, 0.5) is 23.8 Å². The molecular formula is C30H25F3N6O3S. The minimum atomic E-state index is -4.62. The van der Waals surface area contributed by atoms with Gasteiger partial charge in [-0.05, 0) is 48.2 Å². The van der Waals surface area contributed by atoms with Crippen molar-refractivity contribution in [1.29, 1.82) is 0 Å². The second-order valence-corrected chi connectivity index (χ2v) is 10.5. The van der Waals surface area contributed by atoms with Gasteiger partial charge in [-0.2, -0.15) is 13.2 Å². The second kappa shape index (κ2) is 12.1. The Hall–Kier alpha value is -5.04. The van der Waals surface area contributed by atoms with Crippen LogP contribution in [-0.2, 0) is 19.1 Å². The minimum Gasteiger partial charge on any atom is -0.365 e. The fourth-order valence-electron chi connectivity index (χ4n) is 4.59. The normalized spacial score (nSPS) is 11.4. The number of urea groups is 1. The molecule has 3 amide bonds. The number of nitrogens with zero attached hydrogens (tertiary/aromatic N) is 3. The van der Waals surface area contributed by atoms with E-state index in [0.29, 0.717) is 35.1 Å².